The summed E-state index contributed by atoms with van der Waals surface area (Å²) in [6, 6.07) is 8.00. The zero-order valence-corrected chi connectivity index (χ0v) is 12.0. The summed E-state index contributed by atoms with van der Waals surface area (Å²) < 4.78 is 0. The standard InChI is InChI=1S/C16H23ClO/c1-11(2)12-7-8-16(18)14(9-12)10-13-5-3-4-6-15(13)17/h3-6,11-12,14,16,18H,7-10H2,1-2H3. The van der Waals surface area contributed by atoms with Crippen molar-refractivity contribution in [3.05, 3.63) is 34.9 Å². The van der Waals surface area contributed by atoms with E-state index in [2.05, 4.69) is 19.9 Å². The van der Waals surface area contributed by atoms with Gasteiger partial charge in [-0.1, -0.05) is 43.6 Å². The summed E-state index contributed by atoms with van der Waals surface area (Å²) in [5.41, 5.74) is 1.17. The molecule has 1 nitrogen and oxygen atoms in total. The van der Waals surface area contributed by atoms with E-state index in [-0.39, 0.29) is 6.10 Å². The molecule has 1 aliphatic carbocycles. The molecule has 1 aromatic carbocycles. The molecular formula is C16H23ClO. The predicted molar refractivity (Wildman–Crippen MR) is 76.8 cm³/mol. The Kier molecular flexibility index (Phi) is 4.69. The van der Waals surface area contributed by atoms with Crippen molar-refractivity contribution >= 4 is 11.6 Å². The van der Waals surface area contributed by atoms with E-state index in [1.807, 2.05) is 18.2 Å². The Morgan fingerprint density at radius 3 is 2.67 bits per heavy atom. The van der Waals surface area contributed by atoms with Crippen molar-refractivity contribution in [1.82, 2.24) is 0 Å². The highest BCUT2D eigenvalue weighted by Crippen LogP contribution is 2.36. The molecule has 18 heavy (non-hydrogen) atoms. The van der Waals surface area contributed by atoms with E-state index in [9.17, 15) is 5.11 Å². The van der Waals surface area contributed by atoms with Crippen molar-refractivity contribution in [3.8, 4) is 0 Å². The average molecular weight is 267 g/mol. The molecule has 1 saturated carbocycles. The summed E-state index contributed by atoms with van der Waals surface area (Å²) in [7, 11) is 0. The highest BCUT2D eigenvalue weighted by atomic mass is 35.5. The summed E-state index contributed by atoms with van der Waals surface area (Å²) in [6.45, 7) is 4.57. The van der Waals surface area contributed by atoms with Crippen LogP contribution in [-0.2, 0) is 6.42 Å². The maximum atomic E-state index is 10.2. The summed E-state index contributed by atoms with van der Waals surface area (Å²) in [4.78, 5) is 0. The van der Waals surface area contributed by atoms with Crippen LogP contribution in [0.5, 0.6) is 0 Å². The molecule has 2 rings (SSSR count). The highest BCUT2D eigenvalue weighted by molar-refractivity contribution is 6.31. The number of hydrogen-bond acceptors (Lipinski definition) is 1. The van der Waals surface area contributed by atoms with Gasteiger partial charge < -0.3 is 5.11 Å². The van der Waals surface area contributed by atoms with Gasteiger partial charge in [-0.3, -0.25) is 0 Å². The summed E-state index contributed by atoms with van der Waals surface area (Å²) in [5.74, 6) is 1.83. The number of hydrogen-bond donors (Lipinski definition) is 1. The van der Waals surface area contributed by atoms with E-state index in [0.717, 1.165) is 36.6 Å². The van der Waals surface area contributed by atoms with Crippen LogP contribution in [0, 0.1) is 17.8 Å². The fraction of sp³-hybridized carbons (Fsp3) is 0.625. The largest absolute Gasteiger partial charge is 0.393 e. The SMILES string of the molecule is CC(C)C1CCC(O)C(Cc2ccccc2Cl)C1. The first-order valence-electron chi connectivity index (χ1n) is 6.99. The maximum absolute atomic E-state index is 10.2. The van der Waals surface area contributed by atoms with Gasteiger partial charge in [-0.05, 0) is 55.1 Å². The average Bonchev–Trinajstić information content (AvgIpc) is 2.34. The molecule has 3 atom stereocenters. The first-order chi connectivity index (χ1) is 8.58. The van der Waals surface area contributed by atoms with E-state index in [1.165, 1.54) is 5.56 Å². The third kappa shape index (κ3) is 3.27. The van der Waals surface area contributed by atoms with Crippen LogP contribution in [0.25, 0.3) is 0 Å². The minimum atomic E-state index is -0.156. The first-order valence-corrected chi connectivity index (χ1v) is 7.37. The second kappa shape index (κ2) is 6.08. The van der Waals surface area contributed by atoms with E-state index in [4.69, 9.17) is 11.6 Å². The van der Waals surface area contributed by atoms with Gasteiger partial charge in [0, 0.05) is 5.02 Å². The molecule has 0 heterocycles. The molecule has 1 fully saturated rings. The summed E-state index contributed by atoms with van der Waals surface area (Å²) >= 11 is 6.21. The molecule has 2 heteroatoms. The van der Waals surface area contributed by atoms with E-state index in [0.29, 0.717) is 11.8 Å². The molecule has 0 saturated heterocycles. The minimum Gasteiger partial charge on any atom is -0.393 e. The van der Waals surface area contributed by atoms with Crippen LogP contribution in [0.3, 0.4) is 0 Å². The van der Waals surface area contributed by atoms with Gasteiger partial charge in [0.1, 0.15) is 0 Å². The Labute approximate surface area is 115 Å². The van der Waals surface area contributed by atoms with Crippen LogP contribution in [0.4, 0.5) is 0 Å². The van der Waals surface area contributed by atoms with Gasteiger partial charge in [-0.2, -0.15) is 0 Å². The fourth-order valence-corrected chi connectivity index (χ4v) is 3.27. The third-order valence-corrected chi connectivity index (χ3v) is 4.73. The third-order valence-electron chi connectivity index (χ3n) is 4.37. The predicted octanol–water partition coefficient (Wildman–Crippen LogP) is 4.32. The summed E-state index contributed by atoms with van der Waals surface area (Å²) in [5, 5.41) is 11.0. The zero-order chi connectivity index (χ0) is 13.1. The molecule has 0 radical (unpaired) electrons. The fourth-order valence-electron chi connectivity index (χ4n) is 3.06. The quantitative estimate of drug-likeness (QED) is 0.864. The monoisotopic (exact) mass is 266 g/mol. The molecule has 0 aromatic heterocycles. The van der Waals surface area contributed by atoms with Gasteiger partial charge in [0.25, 0.3) is 0 Å². The number of aliphatic hydroxyl groups is 1. The van der Waals surface area contributed by atoms with Gasteiger partial charge in [0.2, 0.25) is 0 Å². The van der Waals surface area contributed by atoms with Gasteiger partial charge in [-0.15, -0.1) is 0 Å². The molecule has 0 amide bonds. The molecule has 0 bridgehead atoms. The van der Waals surface area contributed by atoms with E-state index >= 15 is 0 Å². The second-order valence-electron chi connectivity index (χ2n) is 5.94. The molecule has 1 aliphatic rings. The molecule has 0 aliphatic heterocycles. The topological polar surface area (TPSA) is 20.2 Å². The molecule has 100 valence electrons. The Balaban J connectivity index is 2.05. The van der Waals surface area contributed by atoms with Gasteiger partial charge in [0.05, 0.1) is 6.10 Å². The van der Waals surface area contributed by atoms with Gasteiger partial charge >= 0.3 is 0 Å². The lowest BCUT2D eigenvalue weighted by Crippen LogP contribution is -2.32. The minimum absolute atomic E-state index is 0.156. The second-order valence-corrected chi connectivity index (χ2v) is 6.35. The van der Waals surface area contributed by atoms with Crippen molar-refractivity contribution in [1.29, 1.82) is 0 Å². The van der Waals surface area contributed by atoms with Gasteiger partial charge in [-0.25, -0.2) is 0 Å². The Morgan fingerprint density at radius 2 is 2.00 bits per heavy atom. The number of rotatable bonds is 3. The Bertz CT molecular complexity index is 388. The van der Waals surface area contributed by atoms with Crippen LogP contribution in [0.1, 0.15) is 38.7 Å². The first kappa shape index (κ1) is 13.9. The van der Waals surface area contributed by atoms with Crippen molar-refractivity contribution < 1.29 is 5.11 Å². The van der Waals surface area contributed by atoms with Crippen molar-refractivity contribution in [2.24, 2.45) is 17.8 Å². The number of benzene rings is 1. The lowest BCUT2D eigenvalue weighted by molar-refractivity contribution is 0.0379. The smallest absolute Gasteiger partial charge is 0.0571 e. The highest BCUT2D eigenvalue weighted by Gasteiger charge is 2.30. The van der Waals surface area contributed by atoms with Crippen molar-refractivity contribution in [2.45, 2.75) is 45.6 Å². The van der Waals surface area contributed by atoms with E-state index in [1.54, 1.807) is 0 Å². The number of aliphatic hydroxyl groups excluding tert-OH is 1. The Morgan fingerprint density at radius 1 is 1.28 bits per heavy atom. The van der Waals surface area contributed by atoms with Crippen LogP contribution in [0.15, 0.2) is 24.3 Å². The van der Waals surface area contributed by atoms with Crippen LogP contribution >= 0.6 is 11.6 Å². The molecule has 0 spiro atoms. The zero-order valence-electron chi connectivity index (χ0n) is 11.3. The van der Waals surface area contributed by atoms with E-state index < -0.39 is 0 Å². The molecule has 3 unspecified atom stereocenters. The Hall–Kier alpha value is -0.530. The van der Waals surface area contributed by atoms with Crippen LogP contribution in [0.2, 0.25) is 5.02 Å². The van der Waals surface area contributed by atoms with Gasteiger partial charge in [0.15, 0.2) is 0 Å². The number of halogens is 1. The maximum Gasteiger partial charge on any atom is 0.0571 e. The lowest BCUT2D eigenvalue weighted by atomic mass is 9.73. The normalized spacial score (nSPS) is 28.6. The molecular weight excluding hydrogens is 244 g/mol. The lowest BCUT2D eigenvalue weighted by Gasteiger charge is -2.35. The summed E-state index contributed by atoms with van der Waals surface area (Å²) in [6.07, 6.45) is 3.99. The van der Waals surface area contributed by atoms with Crippen molar-refractivity contribution in [3.63, 3.8) is 0 Å². The molecule has 1 N–H and O–H groups in total. The van der Waals surface area contributed by atoms with Crippen LogP contribution < -0.4 is 0 Å². The van der Waals surface area contributed by atoms with Crippen molar-refractivity contribution in [2.75, 3.05) is 0 Å². The van der Waals surface area contributed by atoms with Crippen LogP contribution in [-0.4, -0.2) is 11.2 Å². The molecule has 1 aromatic rings.